The van der Waals surface area contributed by atoms with Crippen LogP contribution < -0.4 is 5.32 Å². The van der Waals surface area contributed by atoms with Crippen LogP contribution in [0.3, 0.4) is 0 Å². The van der Waals surface area contributed by atoms with E-state index in [-0.39, 0.29) is 11.3 Å². The van der Waals surface area contributed by atoms with Gasteiger partial charge in [-0.2, -0.15) is 0 Å². The summed E-state index contributed by atoms with van der Waals surface area (Å²) in [5.41, 5.74) is -0.000296. The molecule has 0 saturated carbocycles. The molecule has 0 spiro atoms. The third-order valence-electron chi connectivity index (χ3n) is 1.88. The lowest BCUT2D eigenvalue weighted by Gasteiger charge is -2.12. The van der Waals surface area contributed by atoms with E-state index < -0.39 is 5.38 Å². The largest absolute Gasteiger partial charge is 0.348 e. The van der Waals surface area contributed by atoms with E-state index in [1.54, 1.807) is 6.92 Å². The average molecular weight is 262 g/mol. The van der Waals surface area contributed by atoms with E-state index in [1.165, 1.54) is 11.3 Å². The van der Waals surface area contributed by atoms with E-state index in [0.29, 0.717) is 6.54 Å². The van der Waals surface area contributed by atoms with Gasteiger partial charge in [0.05, 0.1) is 6.54 Å². The van der Waals surface area contributed by atoms with Gasteiger partial charge in [-0.1, -0.05) is 32.1 Å². The highest BCUT2D eigenvalue weighted by Gasteiger charge is 2.19. The van der Waals surface area contributed by atoms with Crippen LogP contribution in [0, 0.1) is 0 Å². The molecule has 0 fully saturated rings. The molecule has 0 aliphatic carbocycles. The normalized spacial score (nSPS) is 13.6. The molecular formula is C10H16ClN3OS. The Hall–Kier alpha value is -0.680. The first-order valence-corrected chi connectivity index (χ1v) is 6.30. The molecule has 0 aliphatic rings. The highest BCUT2D eigenvalue weighted by molar-refractivity contribution is 7.11. The van der Waals surface area contributed by atoms with Gasteiger partial charge in [-0.25, -0.2) is 0 Å². The maximum Gasteiger partial charge on any atom is 0.238 e. The molecule has 4 nitrogen and oxygen atoms in total. The molecule has 0 aliphatic heterocycles. The summed E-state index contributed by atoms with van der Waals surface area (Å²) in [6.07, 6.45) is 0. The van der Waals surface area contributed by atoms with E-state index in [9.17, 15) is 4.79 Å². The van der Waals surface area contributed by atoms with E-state index in [2.05, 4.69) is 36.3 Å². The Morgan fingerprint density at radius 3 is 2.56 bits per heavy atom. The molecule has 16 heavy (non-hydrogen) atoms. The van der Waals surface area contributed by atoms with Crippen molar-refractivity contribution in [2.75, 3.05) is 0 Å². The minimum Gasteiger partial charge on any atom is -0.348 e. The lowest BCUT2D eigenvalue weighted by atomic mass is 9.98. The summed E-state index contributed by atoms with van der Waals surface area (Å²) in [4.78, 5) is 11.2. The molecule has 1 amide bonds. The molecule has 1 rings (SSSR count). The van der Waals surface area contributed by atoms with E-state index >= 15 is 0 Å². The van der Waals surface area contributed by atoms with Crippen LogP contribution in [-0.2, 0) is 16.8 Å². The molecular weight excluding hydrogens is 246 g/mol. The molecule has 1 heterocycles. The van der Waals surface area contributed by atoms with Gasteiger partial charge in [0.2, 0.25) is 5.91 Å². The fourth-order valence-corrected chi connectivity index (χ4v) is 1.85. The second kappa shape index (κ2) is 5.10. The molecule has 1 aromatic rings. The van der Waals surface area contributed by atoms with Gasteiger partial charge in [-0.3, -0.25) is 4.79 Å². The topological polar surface area (TPSA) is 54.9 Å². The van der Waals surface area contributed by atoms with Gasteiger partial charge in [-0.15, -0.1) is 21.8 Å². The lowest BCUT2D eigenvalue weighted by molar-refractivity contribution is -0.120. The van der Waals surface area contributed by atoms with Crippen LogP contribution in [0.4, 0.5) is 0 Å². The maximum atomic E-state index is 11.2. The number of carbonyl (C=O) groups excluding carboxylic acids is 1. The fraction of sp³-hybridized carbons (Fsp3) is 0.700. The minimum absolute atomic E-state index is 0.000296. The van der Waals surface area contributed by atoms with Crippen molar-refractivity contribution in [1.82, 2.24) is 15.5 Å². The number of hydrogen-bond donors (Lipinski definition) is 1. The molecule has 0 bridgehead atoms. The van der Waals surface area contributed by atoms with Gasteiger partial charge >= 0.3 is 0 Å². The molecule has 1 unspecified atom stereocenters. The number of alkyl halides is 1. The number of hydrogen-bond acceptors (Lipinski definition) is 4. The predicted molar refractivity (Wildman–Crippen MR) is 65.8 cm³/mol. The summed E-state index contributed by atoms with van der Waals surface area (Å²) in [7, 11) is 0. The summed E-state index contributed by atoms with van der Waals surface area (Å²) >= 11 is 7.14. The molecule has 90 valence electrons. The van der Waals surface area contributed by atoms with Gasteiger partial charge in [0, 0.05) is 5.41 Å². The van der Waals surface area contributed by atoms with Crippen molar-refractivity contribution in [1.29, 1.82) is 0 Å². The Bertz CT molecular complexity index is 370. The Balaban J connectivity index is 2.57. The zero-order valence-electron chi connectivity index (χ0n) is 9.87. The Labute approximate surface area is 104 Å². The molecule has 6 heteroatoms. The van der Waals surface area contributed by atoms with Crippen LogP contribution in [0.1, 0.15) is 37.7 Å². The molecule has 0 radical (unpaired) electrons. The van der Waals surface area contributed by atoms with Crippen LogP contribution in [0.2, 0.25) is 0 Å². The fourth-order valence-electron chi connectivity index (χ4n) is 0.931. The molecule has 0 saturated heterocycles. The Kier molecular flexibility index (Phi) is 4.27. The van der Waals surface area contributed by atoms with Crippen LogP contribution in [0.5, 0.6) is 0 Å². The van der Waals surface area contributed by atoms with E-state index in [1.807, 2.05) is 0 Å². The van der Waals surface area contributed by atoms with Crippen LogP contribution in [-0.4, -0.2) is 21.5 Å². The van der Waals surface area contributed by atoms with Crippen molar-refractivity contribution in [3.05, 3.63) is 10.0 Å². The lowest BCUT2D eigenvalue weighted by Crippen LogP contribution is -2.28. The predicted octanol–water partition coefficient (Wildman–Crippen LogP) is 2.08. The van der Waals surface area contributed by atoms with Crippen LogP contribution >= 0.6 is 22.9 Å². The number of aromatic nitrogens is 2. The van der Waals surface area contributed by atoms with E-state index in [0.717, 1.165) is 10.0 Å². The second-order valence-electron chi connectivity index (χ2n) is 4.58. The number of amides is 1. The number of nitrogens with zero attached hydrogens (tertiary/aromatic N) is 2. The Morgan fingerprint density at radius 1 is 1.50 bits per heavy atom. The Morgan fingerprint density at radius 2 is 2.12 bits per heavy atom. The highest BCUT2D eigenvalue weighted by Crippen LogP contribution is 2.25. The van der Waals surface area contributed by atoms with Crippen molar-refractivity contribution in [2.24, 2.45) is 0 Å². The SMILES string of the molecule is CC(Cl)C(=O)NCc1nnc(C(C)(C)C)s1. The summed E-state index contributed by atoms with van der Waals surface area (Å²) in [6, 6.07) is 0. The quantitative estimate of drug-likeness (QED) is 0.848. The molecule has 1 aromatic heterocycles. The van der Waals surface area contributed by atoms with Gasteiger partial charge in [-0.05, 0) is 6.92 Å². The van der Waals surface area contributed by atoms with E-state index in [4.69, 9.17) is 11.6 Å². The number of carbonyl (C=O) groups is 1. The minimum atomic E-state index is -0.519. The molecule has 1 N–H and O–H groups in total. The van der Waals surface area contributed by atoms with Crippen LogP contribution in [0.15, 0.2) is 0 Å². The standard InChI is InChI=1S/C10H16ClN3OS/c1-6(11)8(15)12-5-7-13-14-9(16-7)10(2,3)4/h6H,5H2,1-4H3,(H,12,15). The summed E-state index contributed by atoms with van der Waals surface area (Å²) in [5.74, 6) is -0.186. The van der Waals surface area contributed by atoms with Crippen molar-refractivity contribution >= 4 is 28.8 Å². The monoisotopic (exact) mass is 261 g/mol. The van der Waals surface area contributed by atoms with Crippen molar-refractivity contribution in [3.63, 3.8) is 0 Å². The van der Waals surface area contributed by atoms with Gasteiger partial charge in [0.15, 0.2) is 0 Å². The number of nitrogens with one attached hydrogen (secondary N) is 1. The second-order valence-corrected chi connectivity index (χ2v) is 6.30. The maximum absolute atomic E-state index is 11.2. The van der Waals surface area contributed by atoms with Gasteiger partial charge < -0.3 is 5.32 Å². The third kappa shape index (κ3) is 3.72. The third-order valence-corrected chi connectivity index (χ3v) is 3.43. The number of rotatable bonds is 3. The zero-order valence-corrected chi connectivity index (χ0v) is 11.4. The first kappa shape index (κ1) is 13.4. The summed E-state index contributed by atoms with van der Waals surface area (Å²) in [5, 5.41) is 12.1. The van der Waals surface area contributed by atoms with Crippen LogP contribution in [0.25, 0.3) is 0 Å². The summed E-state index contributed by atoms with van der Waals surface area (Å²) < 4.78 is 0. The first-order valence-electron chi connectivity index (χ1n) is 5.05. The summed E-state index contributed by atoms with van der Waals surface area (Å²) in [6.45, 7) is 8.27. The van der Waals surface area contributed by atoms with Gasteiger partial charge in [0.1, 0.15) is 15.4 Å². The molecule has 0 aromatic carbocycles. The molecule has 1 atom stereocenters. The average Bonchev–Trinajstić information content (AvgIpc) is 2.61. The van der Waals surface area contributed by atoms with Gasteiger partial charge in [0.25, 0.3) is 0 Å². The first-order chi connectivity index (χ1) is 7.30. The zero-order chi connectivity index (χ0) is 12.3. The smallest absolute Gasteiger partial charge is 0.238 e. The van der Waals surface area contributed by atoms with Crippen molar-refractivity contribution < 1.29 is 4.79 Å². The number of halogens is 1. The van der Waals surface area contributed by atoms with Crippen molar-refractivity contribution in [2.45, 2.75) is 45.0 Å². The van der Waals surface area contributed by atoms with Crippen molar-refractivity contribution in [3.8, 4) is 0 Å². The highest BCUT2D eigenvalue weighted by atomic mass is 35.5.